The summed E-state index contributed by atoms with van der Waals surface area (Å²) in [4.78, 5) is 11.7. The molecule has 4 nitrogen and oxygen atoms in total. The van der Waals surface area contributed by atoms with E-state index >= 15 is 0 Å². The monoisotopic (exact) mass is 363 g/mol. The molecule has 0 saturated carbocycles. The van der Waals surface area contributed by atoms with E-state index < -0.39 is 0 Å². The minimum atomic E-state index is -0.171. The lowest BCUT2D eigenvalue weighted by Crippen LogP contribution is -2.20. The molecule has 0 aliphatic carbocycles. The number of hydrogen-bond donors (Lipinski definition) is 1. The van der Waals surface area contributed by atoms with Gasteiger partial charge in [-0.1, -0.05) is 15.9 Å². The van der Waals surface area contributed by atoms with Gasteiger partial charge in [0.15, 0.2) is 0 Å². The average Bonchev–Trinajstić information content (AvgIpc) is 2.49. The number of amides is 1. The zero-order chi connectivity index (χ0) is 15.9. The van der Waals surface area contributed by atoms with Crippen molar-refractivity contribution in [2.75, 3.05) is 11.9 Å². The van der Waals surface area contributed by atoms with E-state index in [2.05, 4.69) is 21.2 Å². The molecule has 0 saturated heterocycles. The lowest BCUT2D eigenvalue weighted by atomic mass is 10.3. The average molecular weight is 364 g/mol. The van der Waals surface area contributed by atoms with Gasteiger partial charge in [-0.15, -0.1) is 0 Å². The third-order valence-electron chi connectivity index (χ3n) is 2.74. The Kier molecular flexibility index (Phi) is 5.98. The number of nitrogens with one attached hydrogen (secondary N) is 1. The number of carbonyl (C=O) groups is 1. The predicted molar refractivity (Wildman–Crippen MR) is 90.4 cm³/mol. The normalized spacial score (nSPS) is 10.5. The van der Waals surface area contributed by atoms with Crippen LogP contribution < -0.4 is 10.1 Å². The Hall–Kier alpha value is -1.85. The van der Waals surface area contributed by atoms with Crippen molar-refractivity contribution in [2.24, 2.45) is 0 Å². The molecule has 0 aliphatic heterocycles. The van der Waals surface area contributed by atoms with Crippen molar-refractivity contribution >= 4 is 27.5 Å². The van der Waals surface area contributed by atoms with Crippen LogP contribution in [0, 0.1) is 0 Å². The smallest absolute Gasteiger partial charge is 0.250 e. The zero-order valence-corrected chi connectivity index (χ0v) is 14.1. The van der Waals surface area contributed by atoms with E-state index in [0.717, 1.165) is 10.2 Å². The fraction of sp³-hybridized carbons (Fsp3) is 0.235. The summed E-state index contributed by atoms with van der Waals surface area (Å²) in [5, 5.41) is 2.77. The van der Waals surface area contributed by atoms with E-state index in [1.807, 2.05) is 38.1 Å². The molecular weight excluding hydrogens is 346 g/mol. The molecule has 5 heteroatoms. The van der Waals surface area contributed by atoms with Crippen LogP contribution in [0.1, 0.15) is 13.8 Å². The molecule has 2 aromatic rings. The van der Waals surface area contributed by atoms with Gasteiger partial charge in [-0.2, -0.15) is 0 Å². The van der Waals surface area contributed by atoms with Crippen molar-refractivity contribution in [2.45, 2.75) is 20.0 Å². The third-order valence-corrected chi connectivity index (χ3v) is 3.26. The van der Waals surface area contributed by atoms with Gasteiger partial charge in [0.1, 0.15) is 18.1 Å². The van der Waals surface area contributed by atoms with Crippen LogP contribution in [-0.4, -0.2) is 18.6 Å². The Morgan fingerprint density at radius 3 is 2.14 bits per heavy atom. The van der Waals surface area contributed by atoms with E-state index in [1.165, 1.54) is 0 Å². The van der Waals surface area contributed by atoms with Gasteiger partial charge in [0.05, 0.1) is 6.10 Å². The van der Waals surface area contributed by atoms with E-state index in [0.29, 0.717) is 11.4 Å². The molecule has 22 heavy (non-hydrogen) atoms. The highest BCUT2D eigenvalue weighted by Gasteiger charge is 2.04. The molecule has 1 amide bonds. The summed E-state index contributed by atoms with van der Waals surface area (Å²) in [5.74, 6) is 1.29. The van der Waals surface area contributed by atoms with Crippen molar-refractivity contribution in [3.8, 4) is 11.5 Å². The number of halogens is 1. The summed E-state index contributed by atoms with van der Waals surface area (Å²) in [5.41, 5.74) is 0.709. The van der Waals surface area contributed by atoms with Gasteiger partial charge < -0.3 is 14.8 Å². The molecule has 0 heterocycles. The van der Waals surface area contributed by atoms with Crippen molar-refractivity contribution in [1.29, 1.82) is 0 Å². The highest BCUT2D eigenvalue weighted by atomic mass is 79.9. The fourth-order valence-corrected chi connectivity index (χ4v) is 1.95. The second-order valence-corrected chi connectivity index (χ2v) is 5.90. The van der Waals surface area contributed by atoms with Crippen molar-refractivity contribution < 1.29 is 14.3 Å². The van der Waals surface area contributed by atoms with E-state index in [4.69, 9.17) is 9.47 Å². The Balaban J connectivity index is 1.90. The first-order valence-corrected chi connectivity index (χ1v) is 7.77. The quantitative estimate of drug-likeness (QED) is 0.815. The molecule has 0 atom stereocenters. The van der Waals surface area contributed by atoms with Gasteiger partial charge in [-0.3, -0.25) is 4.79 Å². The SMILES string of the molecule is CC(C)OCC(=O)Nc1ccc(Oc2ccc(Br)cc2)cc1. The van der Waals surface area contributed by atoms with E-state index in [9.17, 15) is 4.79 Å². The molecular formula is C17H18BrNO3. The molecule has 0 spiro atoms. The van der Waals surface area contributed by atoms with Gasteiger partial charge in [-0.05, 0) is 62.4 Å². The third kappa shape index (κ3) is 5.50. The number of carbonyl (C=O) groups excluding carboxylic acids is 1. The molecule has 0 unspecified atom stereocenters. The van der Waals surface area contributed by atoms with Crippen LogP contribution in [0.4, 0.5) is 5.69 Å². The fourth-order valence-electron chi connectivity index (χ4n) is 1.68. The van der Waals surface area contributed by atoms with Crippen LogP contribution in [0.2, 0.25) is 0 Å². The number of benzene rings is 2. The Bertz CT molecular complexity index is 609. The van der Waals surface area contributed by atoms with Gasteiger partial charge in [0.2, 0.25) is 5.91 Å². The van der Waals surface area contributed by atoms with Gasteiger partial charge in [-0.25, -0.2) is 0 Å². The van der Waals surface area contributed by atoms with Crippen LogP contribution in [0.3, 0.4) is 0 Å². The zero-order valence-electron chi connectivity index (χ0n) is 12.5. The molecule has 0 radical (unpaired) electrons. The molecule has 2 aromatic carbocycles. The van der Waals surface area contributed by atoms with Crippen LogP contribution in [0.25, 0.3) is 0 Å². The Labute approximate surface area is 138 Å². The first kappa shape index (κ1) is 16.5. The molecule has 0 bridgehead atoms. The number of anilines is 1. The van der Waals surface area contributed by atoms with Gasteiger partial charge in [0.25, 0.3) is 0 Å². The lowest BCUT2D eigenvalue weighted by Gasteiger charge is -2.09. The van der Waals surface area contributed by atoms with E-state index in [-0.39, 0.29) is 18.6 Å². The molecule has 116 valence electrons. The standard InChI is InChI=1S/C17H18BrNO3/c1-12(2)21-11-17(20)19-14-5-9-16(10-6-14)22-15-7-3-13(18)4-8-15/h3-10,12H,11H2,1-2H3,(H,19,20). The predicted octanol–water partition coefficient (Wildman–Crippen LogP) is 4.60. The summed E-state index contributed by atoms with van der Waals surface area (Å²) >= 11 is 3.38. The van der Waals surface area contributed by atoms with Crippen LogP contribution >= 0.6 is 15.9 Å². The van der Waals surface area contributed by atoms with Crippen molar-refractivity contribution in [1.82, 2.24) is 0 Å². The van der Waals surface area contributed by atoms with Crippen molar-refractivity contribution in [3.05, 3.63) is 53.0 Å². The minimum absolute atomic E-state index is 0.0347. The summed E-state index contributed by atoms with van der Waals surface area (Å²) in [6, 6.07) is 14.8. The first-order chi connectivity index (χ1) is 10.5. The van der Waals surface area contributed by atoms with Crippen LogP contribution in [0.5, 0.6) is 11.5 Å². The minimum Gasteiger partial charge on any atom is -0.457 e. The van der Waals surface area contributed by atoms with Crippen LogP contribution in [0.15, 0.2) is 53.0 Å². The molecule has 0 aromatic heterocycles. The van der Waals surface area contributed by atoms with Crippen molar-refractivity contribution in [3.63, 3.8) is 0 Å². The van der Waals surface area contributed by atoms with Gasteiger partial charge >= 0.3 is 0 Å². The molecule has 0 aliphatic rings. The van der Waals surface area contributed by atoms with E-state index in [1.54, 1.807) is 24.3 Å². The number of rotatable bonds is 6. The topological polar surface area (TPSA) is 47.6 Å². The molecule has 0 fully saturated rings. The second kappa shape index (κ2) is 7.96. The lowest BCUT2D eigenvalue weighted by molar-refractivity contribution is -0.121. The Morgan fingerprint density at radius 1 is 1.05 bits per heavy atom. The maximum Gasteiger partial charge on any atom is 0.250 e. The highest BCUT2D eigenvalue weighted by Crippen LogP contribution is 2.24. The molecule has 2 rings (SSSR count). The van der Waals surface area contributed by atoms with Crippen LogP contribution in [-0.2, 0) is 9.53 Å². The summed E-state index contributed by atoms with van der Waals surface area (Å²) < 4.78 is 12.0. The Morgan fingerprint density at radius 2 is 1.59 bits per heavy atom. The molecule has 1 N–H and O–H groups in total. The number of hydrogen-bond acceptors (Lipinski definition) is 3. The largest absolute Gasteiger partial charge is 0.457 e. The number of ether oxygens (including phenoxy) is 2. The maximum absolute atomic E-state index is 11.7. The summed E-state index contributed by atoms with van der Waals surface area (Å²) in [6.45, 7) is 3.83. The first-order valence-electron chi connectivity index (χ1n) is 6.98. The highest BCUT2D eigenvalue weighted by molar-refractivity contribution is 9.10. The summed E-state index contributed by atoms with van der Waals surface area (Å²) in [7, 11) is 0. The maximum atomic E-state index is 11.7. The van der Waals surface area contributed by atoms with Gasteiger partial charge in [0, 0.05) is 10.2 Å². The second-order valence-electron chi connectivity index (χ2n) is 4.99. The summed E-state index contributed by atoms with van der Waals surface area (Å²) in [6.07, 6.45) is 0.0347.